The van der Waals surface area contributed by atoms with E-state index in [-0.39, 0.29) is 0 Å². The van der Waals surface area contributed by atoms with Gasteiger partial charge in [0.1, 0.15) is 0 Å². The fraction of sp³-hybridized carbons (Fsp3) is 0.438. The van der Waals surface area contributed by atoms with Crippen LogP contribution >= 0.6 is 0 Å². The molecular formula is C16H20N2O. The van der Waals surface area contributed by atoms with Crippen LogP contribution in [0.3, 0.4) is 0 Å². The van der Waals surface area contributed by atoms with Crippen LogP contribution in [0.2, 0.25) is 0 Å². The summed E-state index contributed by atoms with van der Waals surface area (Å²) in [4.78, 5) is 4.42. The highest BCUT2D eigenvalue weighted by Crippen LogP contribution is 2.29. The van der Waals surface area contributed by atoms with Crippen molar-refractivity contribution in [2.45, 2.75) is 32.3 Å². The lowest BCUT2D eigenvalue weighted by Crippen LogP contribution is -2.13. The van der Waals surface area contributed by atoms with Gasteiger partial charge >= 0.3 is 0 Å². The highest BCUT2D eigenvalue weighted by atomic mass is 16.5. The number of nitrogen functional groups attached to an aromatic ring is 1. The maximum atomic E-state index is 5.96. The molecule has 1 aliphatic rings. The minimum Gasteiger partial charge on any atom is -0.398 e. The molecular weight excluding hydrogens is 236 g/mol. The van der Waals surface area contributed by atoms with Crippen molar-refractivity contribution in [3.8, 4) is 0 Å². The Morgan fingerprint density at radius 2 is 2.16 bits per heavy atom. The normalized spacial score (nSPS) is 15.6. The van der Waals surface area contributed by atoms with Crippen LogP contribution < -0.4 is 5.73 Å². The molecule has 1 fully saturated rings. The molecule has 3 heteroatoms. The molecule has 1 aromatic carbocycles. The first kappa shape index (κ1) is 12.4. The second kappa shape index (κ2) is 5.57. The number of hydrogen-bond donors (Lipinski definition) is 1. The van der Waals surface area contributed by atoms with Crippen molar-refractivity contribution in [3.63, 3.8) is 0 Å². The average Bonchev–Trinajstić information content (AvgIpc) is 2.39. The number of pyridine rings is 1. The molecule has 3 nitrogen and oxygen atoms in total. The fourth-order valence-corrected chi connectivity index (χ4v) is 2.58. The van der Waals surface area contributed by atoms with Gasteiger partial charge in [0.25, 0.3) is 0 Å². The number of fused-ring (bicyclic) bond motifs is 1. The summed E-state index contributed by atoms with van der Waals surface area (Å²) in [5.41, 5.74) is 8.83. The molecule has 0 radical (unpaired) electrons. The van der Waals surface area contributed by atoms with Gasteiger partial charge in [-0.1, -0.05) is 25.3 Å². The molecule has 0 bridgehead atoms. The van der Waals surface area contributed by atoms with E-state index in [4.69, 9.17) is 10.5 Å². The third-order valence-electron chi connectivity index (χ3n) is 4.04. The first-order valence-corrected chi connectivity index (χ1v) is 7.04. The van der Waals surface area contributed by atoms with Gasteiger partial charge in [-0.3, -0.25) is 4.98 Å². The van der Waals surface area contributed by atoms with Crippen LogP contribution in [0, 0.1) is 5.92 Å². The highest BCUT2D eigenvalue weighted by molar-refractivity contribution is 5.92. The zero-order valence-electron chi connectivity index (χ0n) is 11.1. The lowest BCUT2D eigenvalue weighted by atomic mass is 9.83. The third-order valence-corrected chi connectivity index (χ3v) is 4.04. The summed E-state index contributed by atoms with van der Waals surface area (Å²) in [6.45, 7) is 1.48. The van der Waals surface area contributed by atoms with E-state index < -0.39 is 0 Å². The van der Waals surface area contributed by atoms with Crippen LogP contribution in [0.1, 0.15) is 31.2 Å². The molecule has 0 spiro atoms. The first-order valence-electron chi connectivity index (χ1n) is 7.04. The maximum Gasteiger partial charge on any atom is 0.0777 e. The van der Waals surface area contributed by atoms with Crippen LogP contribution in [-0.4, -0.2) is 11.6 Å². The molecule has 0 unspecified atom stereocenters. The first-order chi connectivity index (χ1) is 9.34. The van der Waals surface area contributed by atoms with Crippen LogP contribution in [0.5, 0.6) is 0 Å². The van der Waals surface area contributed by atoms with E-state index >= 15 is 0 Å². The molecule has 0 amide bonds. The largest absolute Gasteiger partial charge is 0.398 e. The molecule has 1 saturated carbocycles. The number of rotatable bonds is 5. The smallest absolute Gasteiger partial charge is 0.0777 e. The van der Waals surface area contributed by atoms with Crippen molar-refractivity contribution in [2.75, 3.05) is 12.3 Å². The summed E-state index contributed by atoms with van der Waals surface area (Å²) in [5.74, 6) is 0.904. The van der Waals surface area contributed by atoms with E-state index in [2.05, 4.69) is 4.98 Å². The minimum absolute atomic E-state index is 0.626. The predicted molar refractivity (Wildman–Crippen MR) is 77.8 cm³/mol. The Morgan fingerprint density at radius 3 is 2.95 bits per heavy atom. The Balaban J connectivity index is 1.65. The summed E-state index contributed by atoms with van der Waals surface area (Å²) in [5, 5.41) is 1.02. The number of nitrogens with two attached hydrogens (primary N) is 1. The van der Waals surface area contributed by atoms with Gasteiger partial charge in [-0.15, -0.1) is 0 Å². The van der Waals surface area contributed by atoms with Gasteiger partial charge in [0.2, 0.25) is 0 Å². The standard InChI is InChI=1S/C16H20N2O/c17-15-7-6-13(16-14(15)5-2-9-18-16)11-19-10-8-12-3-1-4-12/h2,5-7,9,12H,1,3-4,8,10-11,17H2. The summed E-state index contributed by atoms with van der Waals surface area (Å²) in [6.07, 6.45) is 7.17. The van der Waals surface area contributed by atoms with Crippen molar-refractivity contribution < 1.29 is 4.74 Å². The SMILES string of the molecule is Nc1ccc(COCCC2CCC2)c2ncccc12. The summed E-state index contributed by atoms with van der Waals surface area (Å²) < 4.78 is 5.79. The number of aromatic nitrogens is 1. The van der Waals surface area contributed by atoms with Crippen LogP contribution in [0.25, 0.3) is 10.9 Å². The van der Waals surface area contributed by atoms with Crippen LogP contribution in [0.15, 0.2) is 30.5 Å². The maximum absolute atomic E-state index is 5.96. The molecule has 0 atom stereocenters. The van der Waals surface area contributed by atoms with Gasteiger partial charge in [0.15, 0.2) is 0 Å². The second-order valence-electron chi connectivity index (χ2n) is 5.35. The molecule has 0 saturated heterocycles. The zero-order chi connectivity index (χ0) is 13.1. The Kier molecular flexibility index (Phi) is 3.65. The van der Waals surface area contributed by atoms with E-state index in [0.29, 0.717) is 6.61 Å². The highest BCUT2D eigenvalue weighted by Gasteiger charge is 2.16. The van der Waals surface area contributed by atoms with E-state index in [9.17, 15) is 0 Å². The van der Waals surface area contributed by atoms with Gasteiger partial charge in [0.05, 0.1) is 12.1 Å². The monoisotopic (exact) mass is 256 g/mol. The molecule has 2 aromatic rings. The van der Waals surface area contributed by atoms with Gasteiger partial charge in [-0.2, -0.15) is 0 Å². The number of nitrogens with zero attached hydrogens (tertiary/aromatic N) is 1. The molecule has 2 N–H and O–H groups in total. The van der Waals surface area contributed by atoms with Crippen molar-refractivity contribution in [3.05, 3.63) is 36.0 Å². The van der Waals surface area contributed by atoms with Crippen LogP contribution in [0.4, 0.5) is 5.69 Å². The zero-order valence-corrected chi connectivity index (χ0v) is 11.1. The van der Waals surface area contributed by atoms with E-state index in [1.165, 1.54) is 25.7 Å². The van der Waals surface area contributed by atoms with E-state index in [0.717, 1.165) is 34.7 Å². The predicted octanol–water partition coefficient (Wildman–Crippen LogP) is 3.52. The number of anilines is 1. The molecule has 1 aromatic heterocycles. The summed E-state index contributed by atoms with van der Waals surface area (Å²) in [6, 6.07) is 7.89. The van der Waals surface area contributed by atoms with Gasteiger partial charge in [-0.05, 0) is 30.5 Å². The van der Waals surface area contributed by atoms with Crippen LogP contribution in [-0.2, 0) is 11.3 Å². The summed E-state index contributed by atoms with van der Waals surface area (Å²) >= 11 is 0. The third kappa shape index (κ3) is 2.71. The van der Waals surface area contributed by atoms with Gasteiger partial charge in [0, 0.05) is 29.4 Å². The number of benzene rings is 1. The Bertz CT molecular complexity index is 564. The minimum atomic E-state index is 0.626. The van der Waals surface area contributed by atoms with Crippen molar-refractivity contribution in [1.82, 2.24) is 4.98 Å². The number of ether oxygens (including phenoxy) is 1. The topological polar surface area (TPSA) is 48.1 Å². The van der Waals surface area contributed by atoms with Gasteiger partial charge < -0.3 is 10.5 Å². The Labute approximate surface area is 113 Å². The lowest BCUT2D eigenvalue weighted by molar-refractivity contribution is 0.0956. The second-order valence-corrected chi connectivity index (χ2v) is 5.35. The molecule has 1 aliphatic carbocycles. The van der Waals surface area contributed by atoms with Crippen molar-refractivity contribution in [1.29, 1.82) is 0 Å². The van der Waals surface area contributed by atoms with E-state index in [1.54, 1.807) is 6.20 Å². The average molecular weight is 256 g/mol. The summed E-state index contributed by atoms with van der Waals surface area (Å²) in [7, 11) is 0. The Morgan fingerprint density at radius 1 is 1.26 bits per heavy atom. The Hall–Kier alpha value is -1.61. The lowest BCUT2D eigenvalue weighted by Gasteiger charge is -2.24. The molecule has 3 rings (SSSR count). The van der Waals surface area contributed by atoms with Crippen molar-refractivity contribution in [2.24, 2.45) is 5.92 Å². The molecule has 19 heavy (non-hydrogen) atoms. The van der Waals surface area contributed by atoms with Crippen molar-refractivity contribution >= 4 is 16.6 Å². The molecule has 100 valence electrons. The number of hydrogen-bond acceptors (Lipinski definition) is 3. The molecule has 0 aliphatic heterocycles. The van der Waals surface area contributed by atoms with E-state index in [1.807, 2.05) is 24.3 Å². The quantitative estimate of drug-likeness (QED) is 0.657. The van der Waals surface area contributed by atoms with Gasteiger partial charge in [-0.25, -0.2) is 0 Å². The molecule has 1 heterocycles. The fourth-order valence-electron chi connectivity index (χ4n) is 2.58.